The van der Waals surface area contributed by atoms with Gasteiger partial charge in [-0.05, 0) is 0 Å². The summed E-state index contributed by atoms with van der Waals surface area (Å²) in [6.45, 7) is 0. The fourth-order valence-electron chi connectivity index (χ4n) is 0. The molecule has 0 nitrogen and oxygen atoms in total. The second-order valence-electron chi connectivity index (χ2n) is 3.00. The Bertz CT molecular complexity index is 23.0. The molecule has 0 atom stereocenters. The Hall–Kier alpha value is 1.46. The van der Waals surface area contributed by atoms with E-state index in [0.717, 1.165) is 0 Å². The van der Waals surface area contributed by atoms with Gasteiger partial charge in [-0.25, -0.2) is 0 Å². The van der Waals surface area contributed by atoms with Crippen molar-refractivity contribution in [1.29, 1.82) is 0 Å². The number of hydrogen-bond donors (Lipinski definition) is 0. The Labute approximate surface area is 58.2 Å². The first-order valence-corrected chi connectivity index (χ1v) is 13.4. The molecule has 0 aromatic heterocycles. The molecule has 0 fully saturated rings. The van der Waals surface area contributed by atoms with Crippen LogP contribution >= 0.6 is 0 Å². The molecule has 0 aliphatic rings. The summed E-state index contributed by atoms with van der Waals surface area (Å²) in [6, 6.07) is 0. The van der Waals surface area contributed by atoms with E-state index in [1.807, 2.05) is 0 Å². The van der Waals surface area contributed by atoms with Crippen LogP contribution in [0.15, 0.2) is 0 Å². The van der Waals surface area contributed by atoms with Crippen LogP contribution in [-0.4, -0.2) is 18.4 Å². The van der Waals surface area contributed by atoms with Gasteiger partial charge in [-0.2, -0.15) is 0 Å². The van der Waals surface area contributed by atoms with Crippen LogP contribution in [0.5, 0.6) is 0 Å². The summed E-state index contributed by atoms with van der Waals surface area (Å²) in [7, 11) is 0. The molecule has 42 valence electrons. The van der Waals surface area contributed by atoms with Gasteiger partial charge in [-0.3, -0.25) is 0 Å². The zero-order chi connectivity index (χ0) is 4.50. The minimum atomic E-state index is -1.18. The van der Waals surface area contributed by atoms with Crippen LogP contribution in [0.1, 0.15) is 0 Å². The van der Waals surface area contributed by atoms with Crippen LogP contribution < -0.4 is 0 Å². The molecule has 0 saturated heterocycles. The second kappa shape index (κ2) is 3.46. The van der Waals surface area contributed by atoms with E-state index in [0.29, 0.717) is 0 Å². The summed E-state index contributed by atoms with van der Waals surface area (Å²) in [6.07, 6.45) is 0. The molecule has 0 amide bonds. The van der Waals surface area contributed by atoms with E-state index in [2.05, 4.69) is 19.8 Å². The Kier molecular flexibility index (Phi) is 6.02. The summed E-state index contributed by atoms with van der Waals surface area (Å²) in [5, 5.41) is 0. The fourth-order valence-corrected chi connectivity index (χ4v) is 0. The standard InChI is InChI=1S/4CH3.Pd.Sn/h4*1H3;;. The van der Waals surface area contributed by atoms with Gasteiger partial charge in [0, 0.05) is 20.4 Å². The maximum Gasteiger partial charge on any atom is 0 e. The second-order valence-corrected chi connectivity index (χ2v) is 20.1. The molecule has 0 spiro atoms. The molecule has 6 heavy (non-hydrogen) atoms. The summed E-state index contributed by atoms with van der Waals surface area (Å²) in [5.41, 5.74) is 0. The molecule has 0 N–H and O–H groups in total. The van der Waals surface area contributed by atoms with Gasteiger partial charge in [-0.15, -0.1) is 0 Å². The van der Waals surface area contributed by atoms with Gasteiger partial charge in [0.1, 0.15) is 0 Å². The molecule has 0 aliphatic carbocycles. The molecule has 0 saturated carbocycles. The number of hydrogen-bond acceptors (Lipinski definition) is 0. The Morgan fingerprint density at radius 2 is 0.833 bits per heavy atom. The average molecular weight is 285 g/mol. The van der Waals surface area contributed by atoms with Gasteiger partial charge in [0.2, 0.25) is 0 Å². The van der Waals surface area contributed by atoms with E-state index in [1.54, 1.807) is 0 Å². The third-order valence-electron chi connectivity index (χ3n) is 0. The molecule has 0 bridgehead atoms. The maximum atomic E-state index is 2.40. The Morgan fingerprint density at radius 1 is 0.833 bits per heavy atom. The van der Waals surface area contributed by atoms with Crippen molar-refractivity contribution < 1.29 is 20.4 Å². The van der Waals surface area contributed by atoms with Crippen molar-refractivity contribution in [3.8, 4) is 0 Å². The monoisotopic (exact) mass is 286 g/mol. The van der Waals surface area contributed by atoms with E-state index in [4.69, 9.17) is 0 Å². The topological polar surface area (TPSA) is 0 Å². The smallest absolute Gasteiger partial charge is 0 e. The van der Waals surface area contributed by atoms with Crippen LogP contribution in [0.3, 0.4) is 0 Å². The minimum absolute atomic E-state index is 0. The summed E-state index contributed by atoms with van der Waals surface area (Å²) < 4.78 is 0. The third kappa shape index (κ3) is 50.9. The van der Waals surface area contributed by atoms with Crippen molar-refractivity contribution in [1.82, 2.24) is 0 Å². The average Bonchev–Trinajstić information content (AvgIpc) is 0.722. The fraction of sp³-hybridized carbons (Fsp3) is 1.00. The van der Waals surface area contributed by atoms with Crippen LogP contribution in [0, 0.1) is 0 Å². The SMILES string of the molecule is [CH3][Sn]([CH3])([CH3])[CH3].[Pd]. The largest absolute Gasteiger partial charge is 0 e. The van der Waals surface area contributed by atoms with Crippen molar-refractivity contribution >= 4 is 18.4 Å². The third-order valence-corrected chi connectivity index (χ3v) is 0. The Balaban J connectivity index is 0. The first kappa shape index (κ1) is 10.4. The zero-order valence-electron chi connectivity index (χ0n) is 4.82. The van der Waals surface area contributed by atoms with Gasteiger partial charge in [0.05, 0.1) is 0 Å². The van der Waals surface area contributed by atoms with Gasteiger partial charge < -0.3 is 0 Å². The normalized spacial score (nSPS) is 10.0. The molecular weight excluding hydrogens is 273 g/mol. The van der Waals surface area contributed by atoms with Crippen LogP contribution in [0.25, 0.3) is 0 Å². The van der Waals surface area contributed by atoms with Gasteiger partial charge >= 0.3 is 38.1 Å². The zero-order valence-corrected chi connectivity index (χ0v) is 9.22. The van der Waals surface area contributed by atoms with Crippen molar-refractivity contribution in [2.75, 3.05) is 0 Å². The van der Waals surface area contributed by atoms with E-state index >= 15 is 0 Å². The molecule has 0 aliphatic heterocycles. The molecular formula is C4H12PdSn. The molecule has 0 aromatic rings. The van der Waals surface area contributed by atoms with E-state index in [-0.39, 0.29) is 20.4 Å². The summed E-state index contributed by atoms with van der Waals surface area (Å²) >= 11 is -1.18. The van der Waals surface area contributed by atoms with Gasteiger partial charge in [0.15, 0.2) is 0 Å². The van der Waals surface area contributed by atoms with Crippen molar-refractivity contribution in [2.24, 2.45) is 0 Å². The molecule has 2 heteroatoms. The quantitative estimate of drug-likeness (QED) is 0.597. The van der Waals surface area contributed by atoms with E-state index < -0.39 is 18.4 Å². The van der Waals surface area contributed by atoms with Gasteiger partial charge in [-0.1, -0.05) is 0 Å². The van der Waals surface area contributed by atoms with Crippen LogP contribution in [0.4, 0.5) is 0 Å². The van der Waals surface area contributed by atoms with Gasteiger partial charge in [0.25, 0.3) is 0 Å². The molecule has 0 rings (SSSR count). The first-order chi connectivity index (χ1) is 2.00. The Morgan fingerprint density at radius 3 is 0.833 bits per heavy atom. The number of rotatable bonds is 0. The first-order valence-electron chi connectivity index (χ1n) is 2.00. The summed E-state index contributed by atoms with van der Waals surface area (Å²) in [4.78, 5) is 9.59. The summed E-state index contributed by atoms with van der Waals surface area (Å²) in [5.74, 6) is 0. The van der Waals surface area contributed by atoms with Crippen LogP contribution in [0.2, 0.25) is 19.8 Å². The van der Waals surface area contributed by atoms with Crippen molar-refractivity contribution in [3.63, 3.8) is 0 Å². The maximum absolute atomic E-state index is 2.40. The molecule has 0 heterocycles. The van der Waals surface area contributed by atoms with Crippen molar-refractivity contribution in [3.05, 3.63) is 0 Å². The predicted octanol–water partition coefficient (Wildman–Crippen LogP) is 1.95. The van der Waals surface area contributed by atoms with Crippen LogP contribution in [-0.2, 0) is 20.4 Å². The van der Waals surface area contributed by atoms with Crippen molar-refractivity contribution in [2.45, 2.75) is 19.8 Å². The minimum Gasteiger partial charge on any atom is 0 e. The molecule has 0 aromatic carbocycles. The molecule has 0 unspecified atom stereocenters. The van der Waals surface area contributed by atoms with E-state index in [1.165, 1.54) is 0 Å². The molecule has 0 radical (unpaired) electrons. The predicted molar refractivity (Wildman–Crippen MR) is 29.2 cm³/mol. The van der Waals surface area contributed by atoms with E-state index in [9.17, 15) is 0 Å².